The zero-order chi connectivity index (χ0) is 12.7. The monoisotopic (exact) mass is 303 g/mol. The van der Waals surface area contributed by atoms with E-state index in [1.54, 1.807) is 11.0 Å². The number of unbranched alkanes of at least 4 members (excludes halogenated alkanes) is 2. The molecule has 1 rings (SSSR count). The molecule has 1 heterocycles. The Morgan fingerprint density at radius 2 is 2.24 bits per heavy atom. The third kappa shape index (κ3) is 4.52. The maximum Gasteiger partial charge on any atom is 0.257 e. The second kappa shape index (κ2) is 7.50. The van der Waals surface area contributed by atoms with E-state index in [1.807, 2.05) is 0 Å². The standard InChI is InChI=1S/C12H18BrNO3/c1-2-3-4-5-14(6-7-15)12(16)10-8-11(13)17-9-10/h8-9,15H,2-7H2,1H3. The fraction of sp³-hybridized carbons (Fsp3) is 0.583. The van der Waals surface area contributed by atoms with Crippen LogP contribution in [-0.4, -0.2) is 35.6 Å². The van der Waals surface area contributed by atoms with Gasteiger partial charge in [0, 0.05) is 19.2 Å². The fourth-order valence-corrected chi connectivity index (χ4v) is 1.93. The van der Waals surface area contributed by atoms with Gasteiger partial charge in [-0.25, -0.2) is 0 Å². The van der Waals surface area contributed by atoms with Gasteiger partial charge in [0.05, 0.1) is 12.2 Å². The van der Waals surface area contributed by atoms with Crippen LogP contribution in [0.1, 0.15) is 36.5 Å². The highest BCUT2D eigenvalue weighted by Gasteiger charge is 2.16. The number of rotatable bonds is 7. The maximum absolute atomic E-state index is 12.1. The molecule has 0 saturated carbocycles. The van der Waals surface area contributed by atoms with E-state index in [9.17, 15) is 4.79 Å². The molecule has 0 bridgehead atoms. The van der Waals surface area contributed by atoms with Crippen molar-refractivity contribution in [2.75, 3.05) is 19.7 Å². The molecular formula is C12H18BrNO3. The van der Waals surface area contributed by atoms with Gasteiger partial charge in [0.1, 0.15) is 6.26 Å². The summed E-state index contributed by atoms with van der Waals surface area (Å²) in [5, 5.41) is 8.97. The Labute approximate surface area is 110 Å². The summed E-state index contributed by atoms with van der Waals surface area (Å²) in [7, 11) is 0. The van der Waals surface area contributed by atoms with Crippen molar-refractivity contribution in [1.29, 1.82) is 0 Å². The first-order valence-electron chi connectivity index (χ1n) is 5.83. The van der Waals surface area contributed by atoms with Gasteiger partial charge in [0.15, 0.2) is 4.67 Å². The predicted molar refractivity (Wildman–Crippen MR) is 68.9 cm³/mol. The summed E-state index contributed by atoms with van der Waals surface area (Å²) in [5.41, 5.74) is 0.516. The first-order valence-corrected chi connectivity index (χ1v) is 6.62. The van der Waals surface area contributed by atoms with E-state index in [0.29, 0.717) is 23.3 Å². The Balaban J connectivity index is 2.59. The van der Waals surface area contributed by atoms with Gasteiger partial charge in [-0.3, -0.25) is 4.79 Å². The molecule has 96 valence electrons. The summed E-state index contributed by atoms with van der Waals surface area (Å²) >= 11 is 3.17. The number of aliphatic hydroxyl groups is 1. The zero-order valence-corrected chi connectivity index (χ0v) is 11.6. The van der Waals surface area contributed by atoms with Crippen LogP contribution in [0.2, 0.25) is 0 Å². The van der Waals surface area contributed by atoms with Crippen molar-refractivity contribution in [1.82, 2.24) is 4.90 Å². The molecule has 0 atom stereocenters. The van der Waals surface area contributed by atoms with Gasteiger partial charge in [-0.1, -0.05) is 19.8 Å². The number of carbonyl (C=O) groups excluding carboxylic acids is 1. The lowest BCUT2D eigenvalue weighted by Gasteiger charge is -2.20. The molecule has 1 aromatic heterocycles. The molecule has 0 saturated heterocycles. The Hall–Kier alpha value is -0.810. The second-order valence-electron chi connectivity index (χ2n) is 3.86. The summed E-state index contributed by atoms with van der Waals surface area (Å²) in [6.45, 7) is 3.14. The molecule has 5 heteroatoms. The van der Waals surface area contributed by atoms with Crippen LogP contribution in [0.5, 0.6) is 0 Å². The highest BCUT2D eigenvalue weighted by Crippen LogP contribution is 2.16. The van der Waals surface area contributed by atoms with Crippen LogP contribution in [0.15, 0.2) is 21.4 Å². The minimum atomic E-state index is -0.0930. The van der Waals surface area contributed by atoms with Crippen molar-refractivity contribution in [3.05, 3.63) is 22.6 Å². The fourth-order valence-electron chi connectivity index (χ4n) is 1.59. The summed E-state index contributed by atoms with van der Waals surface area (Å²) < 4.78 is 5.59. The molecule has 0 aliphatic rings. The van der Waals surface area contributed by atoms with E-state index in [4.69, 9.17) is 9.52 Å². The molecule has 1 amide bonds. The lowest BCUT2D eigenvalue weighted by molar-refractivity contribution is 0.0718. The van der Waals surface area contributed by atoms with Gasteiger partial charge in [0.25, 0.3) is 5.91 Å². The minimum Gasteiger partial charge on any atom is -0.457 e. The van der Waals surface area contributed by atoms with Crippen molar-refractivity contribution < 1.29 is 14.3 Å². The maximum atomic E-state index is 12.1. The molecule has 0 unspecified atom stereocenters. The van der Waals surface area contributed by atoms with Crippen molar-refractivity contribution >= 4 is 21.8 Å². The lowest BCUT2D eigenvalue weighted by atomic mass is 10.2. The average molecular weight is 304 g/mol. The Kier molecular flexibility index (Phi) is 6.29. The Bertz CT molecular complexity index is 351. The van der Waals surface area contributed by atoms with Crippen LogP contribution in [0.25, 0.3) is 0 Å². The Morgan fingerprint density at radius 3 is 2.76 bits per heavy atom. The molecule has 17 heavy (non-hydrogen) atoms. The smallest absolute Gasteiger partial charge is 0.257 e. The number of furan rings is 1. The molecule has 0 fully saturated rings. The molecular weight excluding hydrogens is 286 g/mol. The van der Waals surface area contributed by atoms with Crippen LogP contribution in [-0.2, 0) is 0 Å². The third-order valence-electron chi connectivity index (χ3n) is 2.50. The molecule has 1 aromatic rings. The van der Waals surface area contributed by atoms with E-state index in [2.05, 4.69) is 22.9 Å². The normalized spacial score (nSPS) is 10.5. The highest BCUT2D eigenvalue weighted by molar-refractivity contribution is 9.10. The van der Waals surface area contributed by atoms with Crippen LogP contribution in [0.3, 0.4) is 0 Å². The van der Waals surface area contributed by atoms with Crippen molar-refractivity contribution in [2.45, 2.75) is 26.2 Å². The third-order valence-corrected chi connectivity index (χ3v) is 2.92. The summed E-state index contributed by atoms with van der Waals surface area (Å²) in [6.07, 6.45) is 4.58. The first-order chi connectivity index (χ1) is 8.19. The van der Waals surface area contributed by atoms with E-state index >= 15 is 0 Å². The average Bonchev–Trinajstić information content (AvgIpc) is 2.74. The van der Waals surface area contributed by atoms with Crippen molar-refractivity contribution in [3.63, 3.8) is 0 Å². The predicted octanol–water partition coefficient (Wildman–Crippen LogP) is 2.67. The van der Waals surface area contributed by atoms with Gasteiger partial charge in [-0.05, 0) is 22.4 Å². The molecule has 0 radical (unpaired) electrons. The van der Waals surface area contributed by atoms with E-state index in [0.717, 1.165) is 19.3 Å². The summed E-state index contributed by atoms with van der Waals surface area (Å²) in [4.78, 5) is 13.7. The Morgan fingerprint density at radius 1 is 1.47 bits per heavy atom. The largest absolute Gasteiger partial charge is 0.457 e. The molecule has 0 aromatic carbocycles. The number of halogens is 1. The molecule has 0 spiro atoms. The molecule has 0 aliphatic carbocycles. The van der Waals surface area contributed by atoms with Crippen LogP contribution < -0.4 is 0 Å². The molecule has 0 aliphatic heterocycles. The first kappa shape index (κ1) is 14.3. The second-order valence-corrected chi connectivity index (χ2v) is 4.64. The number of aliphatic hydroxyl groups excluding tert-OH is 1. The van der Waals surface area contributed by atoms with Gasteiger partial charge >= 0.3 is 0 Å². The number of amides is 1. The van der Waals surface area contributed by atoms with Gasteiger partial charge in [0.2, 0.25) is 0 Å². The van der Waals surface area contributed by atoms with Crippen LogP contribution in [0, 0.1) is 0 Å². The van der Waals surface area contributed by atoms with E-state index in [-0.39, 0.29) is 12.5 Å². The van der Waals surface area contributed by atoms with Gasteiger partial charge in [-0.15, -0.1) is 0 Å². The number of carbonyl (C=O) groups is 1. The summed E-state index contributed by atoms with van der Waals surface area (Å²) in [5.74, 6) is -0.0930. The topological polar surface area (TPSA) is 53.7 Å². The number of hydrogen-bond donors (Lipinski definition) is 1. The van der Waals surface area contributed by atoms with E-state index < -0.39 is 0 Å². The SMILES string of the molecule is CCCCCN(CCO)C(=O)c1coc(Br)c1. The summed E-state index contributed by atoms with van der Waals surface area (Å²) in [6, 6.07) is 1.65. The molecule has 4 nitrogen and oxygen atoms in total. The van der Waals surface area contributed by atoms with Crippen LogP contribution in [0.4, 0.5) is 0 Å². The van der Waals surface area contributed by atoms with Crippen molar-refractivity contribution in [3.8, 4) is 0 Å². The van der Waals surface area contributed by atoms with Crippen molar-refractivity contribution in [2.24, 2.45) is 0 Å². The minimum absolute atomic E-state index is 0.0170. The zero-order valence-electron chi connectivity index (χ0n) is 9.99. The van der Waals surface area contributed by atoms with Crippen LogP contribution >= 0.6 is 15.9 Å². The van der Waals surface area contributed by atoms with E-state index in [1.165, 1.54) is 6.26 Å². The quantitative estimate of drug-likeness (QED) is 0.788. The lowest BCUT2D eigenvalue weighted by Crippen LogP contribution is -2.34. The number of hydrogen-bond acceptors (Lipinski definition) is 3. The van der Waals surface area contributed by atoms with Gasteiger partial charge < -0.3 is 14.4 Å². The van der Waals surface area contributed by atoms with Gasteiger partial charge in [-0.2, -0.15) is 0 Å². The number of nitrogens with zero attached hydrogens (tertiary/aromatic N) is 1. The molecule has 1 N–H and O–H groups in total. The highest BCUT2D eigenvalue weighted by atomic mass is 79.9.